The molecular formula is C24H25ClN6S. The molecule has 0 aliphatic carbocycles. The number of anilines is 2. The fourth-order valence-electron chi connectivity index (χ4n) is 3.56. The van der Waals surface area contributed by atoms with Gasteiger partial charge in [0.25, 0.3) is 0 Å². The van der Waals surface area contributed by atoms with E-state index in [9.17, 15) is 0 Å². The molecule has 0 bridgehead atoms. The monoisotopic (exact) mass is 464 g/mol. The van der Waals surface area contributed by atoms with E-state index in [4.69, 9.17) is 23.8 Å². The van der Waals surface area contributed by atoms with E-state index in [1.807, 2.05) is 71.9 Å². The van der Waals surface area contributed by atoms with Crippen molar-refractivity contribution in [1.82, 2.24) is 19.6 Å². The first-order chi connectivity index (χ1) is 15.4. The molecule has 2 aromatic heterocycles. The highest BCUT2D eigenvalue weighted by Gasteiger charge is 2.14. The minimum Gasteiger partial charge on any atom is -0.329 e. The topological polar surface area (TPSA) is 59.7 Å². The van der Waals surface area contributed by atoms with Crippen LogP contribution in [0.3, 0.4) is 0 Å². The number of aromatic nitrogens is 4. The number of hydrogen-bond acceptors (Lipinski definition) is 3. The van der Waals surface area contributed by atoms with Gasteiger partial charge in [0.2, 0.25) is 0 Å². The van der Waals surface area contributed by atoms with Gasteiger partial charge in [-0.25, -0.2) is 0 Å². The lowest BCUT2D eigenvalue weighted by Gasteiger charge is -2.10. The zero-order chi connectivity index (χ0) is 22.7. The summed E-state index contributed by atoms with van der Waals surface area (Å²) in [5.41, 5.74) is 6.23. The van der Waals surface area contributed by atoms with Crippen molar-refractivity contribution in [1.29, 1.82) is 0 Å². The molecule has 0 amide bonds. The van der Waals surface area contributed by atoms with Gasteiger partial charge in [-0.2, -0.15) is 10.2 Å². The van der Waals surface area contributed by atoms with Crippen molar-refractivity contribution in [3.05, 3.63) is 93.9 Å². The average Bonchev–Trinajstić information content (AvgIpc) is 3.30. The fourth-order valence-corrected chi connectivity index (χ4v) is 3.96. The number of hydrogen-bond donors (Lipinski definition) is 2. The number of rotatable bonds is 6. The predicted octanol–water partition coefficient (Wildman–Crippen LogP) is 5.56. The van der Waals surface area contributed by atoms with Gasteiger partial charge in [-0.3, -0.25) is 9.36 Å². The van der Waals surface area contributed by atoms with Crippen molar-refractivity contribution in [2.75, 3.05) is 10.6 Å². The average molecular weight is 465 g/mol. The first-order valence-corrected chi connectivity index (χ1v) is 11.1. The SMILES string of the molecule is Cc1ccccc1Cn1ccc(NC(=S)Nc2c(C)nn(Cc3ccccc3Cl)c2C)n1. The second-order valence-corrected chi connectivity index (χ2v) is 8.51. The molecular weight excluding hydrogens is 440 g/mol. The Morgan fingerprint density at radius 1 is 0.906 bits per heavy atom. The molecule has 4 rings (SSSR count). The van der Waals surface area contributed by atoms with Crippen LogP contribution >= 0.6 is 23.8 Å². The number of benzene rings is 2. The van der Waals surface area contributed by atoms with Crippen LogP contribution in [0.2, 0.25) is 5.02 Å². The first kappa shape index (κ1) is 22.0. The van der Waals surface area contributed by atoms with Gasteiger partial charge >= 0.3 is 0 Å². The molecule has 0 fully saturated rings. The maximum Gasteiger partial charge on any atom is 0.176 e. The van der Waals surface area contributed by atoms with E-state index in [-0.39, 0.29) is 0 Å². The molecule has 0 saturated carbocycles. The van der Waals surface area contributed by atoms with Gasteiger partial charge in [0.15, 0.2) is 10.9 Å². The molecule has 0 unspecified atom stereocenters. The molecule has 32 heavy (non-hydrogen) atoms. The first-order valence-electron chi connectivity index (χ1n) is 10.3. The summed E-state index contributed by atoms with van der Waals surface area (Å²) in [6.07, 6.45) is 1.94. The lowest BCUT2D eigenvalue weighted by molar-refractivity contribution is 0.659. The van der Waals surface area contributed by atoms with E-state index in [2.05, 4.69) is 39.9 Å². The van der Waals surface area contributed by atoms with Crippen LogP contribution < -0.4 is 10.6 Å². The van der Waals surface area contributed by atoms with Crippen LogP contribution in [0.4, 0.5) is 11.5 Å². The van der Waals surface area contributed by atoms with Crippen LogP contribution in [0.5, 0.6) is 0 Å². The maximum absolute atomic E-state index is 6.31. The standard InChI is InChI=1S/C24H25ClN6S/c1-16-8-4-5-9-19(16)14-30-13-12-22(29-30)26-24(32)27-23-17(2)28-31(18(23)3)15-20-10-6-7-11-21(20)25/h4-13H,14-15H2,1-3H3,(H2,26,27,29,32). The third-order valence-electron chi connectivity index (χ3n) is 5.37. The third kappa shape index (κ3) is 5.00. The molecule has 0 spiro atoms. The highest BCUT2D eigenvalue weighted by atomic mass is 35.5. The molecule has 0 radical (unpaired) electrons. The van der Waals surface area contributed by atoms with E-state index >= 15 is 0 Å². The zero-order valence-corrected chi connectivity index (χ0v) is 19.8. The number of thiocarbonyl (C=S) groups is 1. The molecule has 0 aliphatic heterocycles. The minimum absolute atomic E-state index is 0.467. The van der Waals surface area contributed by atoms with Gasteiger partial charge in [0, 0.05) is 17.3 Å². The van der Waals surface area contributed by atoms with Gasteiger partial charge in [-0.1, -0.05) is 54.1 Å². The summed E-state index contributed by atoms with van der Waals surface area (Å²) in [6.45, 7) is 7.38. The Hall–Kier alpha value is -3.16. The Balaban J connectivity index is 1.41. The van der Waals surface area contributed by atoms with Crippen molar-refractivity contribution in [2.24, 2.45) is 0 Å². The normalized spacial score (nSPS) is 10.9. The van der Waals surface area contributed by atoms with Crippen LogP contribution in [0.15, 0.2) is 60.8 Å². The number of nitrogens with one attached hydrogen (secondary N) is 2. The second kappa shape index (κ2) is 9.54. The molecule has 164 valence electrons. The summed E-state index contributed by atoms with van der Waals surface area (Å²) >= 11 is 11.8. The van der Waals surface area contributed by atoms with Gasteiger partial charge in [-0.15, -0.1) is 0 Å². The van der Waals surface area contributed by atoms with Crippen LogP contribution in [0.1, 0.15) is 28.1 Å². The van der Waals surface area contributed by atoms with Crippen molar-refractivity contribution >= 4 is 40.4 Å². The Bertz CT molecular complexity index is 1260. The van der Waals surface area contributed by atoms with Crippen LogP contribution in [-0.2, 0) is 13.1 Å². The summed E-state index contributed by atoms with van der Waals surface area (Å²) in [5, 5.41) is 16.9. The summed E-state index contributed by atoms with van der Waals surface area (Å²) in [7, 11) is 0. The van der Waals surface area contributed by atoms with E-state index < -0.39 is 0 Å². The highest BCUT2D eigenvalue weighted by Crippen LogP contribution is 2.23. The molecule has 6 nitrogen and oxygen atoms in total. The van der Waals surface area contributed by atoms with E-state index in [0.717, 1.165) is 27.7 Å². The number of halogens is 1. The van der Waals surface area contributed by atoms with Gasteiger partial charge in [0.1, 0.15) is 0 Å². The van der Waals surface area contributed by atoms with Crippen LogP contribution in [0.25, 0.3) is 0 Å². The third-order valence-corrected chi connectivity index (χ3v) is 5.95. The summed E-state index contributed by atoms with van der Waals surface area (Å²) in [6, 6.07) is 18.0. The molecule has 0 saturated heterocycles. The van der Waals surface area contributed by atoms with Crippen LogP contribution in [-0.4, -0.2) is 24.7 Å². The quantitative estimate of drug-likeness (QED) is 0.365. The molecule has 2 heterocycles. The largest absolute Gasteiger partial charge is 0.329 e. The molecule has 0 aliphatic rings. The Kier molecular flexibility index (Phi) is 6.58. The van der Waals surface area contributed by atoms with Crippen LogP contribution in [0, 0.1) is 20.8 Å². The summed E-state index contributed by atoms with van der Waals surface area (Å²) in [4.78, 5) is 0. The zero-order valence-electron chi connectivity index (χ0n) is 18.3. The van der Waals surface area contributed by atoms with Gasteiger partial charge < -0.3 is 10.6 Å². The Morgan fingerprint density at radius 3 is 2.38 bits per heavy atom. The fraction of sp³-hybridized carbons (Fsp3) is 0.208. The van der Waals surface area contributed by atoms with Crippen molar-refractivity contribution in [2.45, 2.75) is 33.9 Å². The lowest BCUT2D eigenvalue weighted by Crippen LogP contribution is -2.20. The summed E-state index contributed by atoms with van der Waals surface area (Å²) < 4.78 is 3.82. The lowest BCUT2D eigenvalue weighted by atomic mass is 10.1. The smallest absolute Gasteiger partial charge is 0.176 e. The minimum atomic E-state index is 0.467. The van der Waals surface area contributed by atoms with Crippen molar-refractivity contribution in [3.63, 3.8) is 0 Å². The molecule has 2 N–H and O–H groups in total. The van der Waals surface area contributed by atoms with Crippen molar-refractivity contribution in [3.8, 4) is 0 Å². The van der Waals surface area contributed by atoms with Gasteiger partial charge in [0.05, 0.1) is 30.2 Å². The van der Waals surface area contributed by atoms with E-state index in [1.54, 1.807) is 0 Å². The van der Waals surface area contributed by atoms with Gasteiger partial charge in [-0.05, 0) is 55.7 Å². The summed E-state index contributed by atoms with van der Waals surface area (Å²) in [5.74, 6) is 0.690. The highest BCUT2D eigenvalue weighted by molar-refractivity contribution is 7.80. The van der Waals surface area contributed by atoms with E-state index in [0.29, 0.717) is 24.0 Å². The Morgan fingerprint density at radius 2 is 1.62 bits per heavy atom. The second-order valence-electron chi connectivity index (χ2n) is 7.70. The molecule has 0 atom stereocenters. The maximum atomic E-state index is 6.31. The number of aryl methyl sites for hydroxylation is 2. The Labute approximate surface area is 198 Å². The molecule has 4 aromatic rings. The molecule has 2 aromatic carbocycles. The van der Waals surface area contributed by atoms with E-state index in [1.165, 1.54) is 11.1 Å². The van der Waals surface area contributed by atoms with Crippen molar-refractivity contribution < 1.29 is 0 Å². The number of nitrogens with zero attached hydrogens (tertiary/aromatic N) is 4. The predicted molar refractivity (Wildman–Crippen MR) is 135 cm³/mol. The molecule has 8 heteroatoms.